The third-order valence-electron chi connectivity index (χ3n) is 2.68. The molecule has 0 aromatic heterocycles. The molecule has 0 aliphatic carbocycles. The minimum Gasteiger partial charge on any atom is -0.461 e. The first-order valence-corrected chi connectivity index (χ1v) is 6.92. The minimum absolute atomic E-state index is 0.294. The summed E-state index contributed by atoms with van der Waals surface area (Å²) in [5.41, 5.74) is 6.73. The van der Waals surface area contributed by atoms with Gasteiger partial charge in [0.2, 0.25) is 0 Å². The largest absolute Gasteiger partial charge is 0.461 e. The van der Waals surface area contributed by atoms with Gasteiger partial charge in [0.15, 0.2) is 0 Å². The molecule has 1 aromatic rings. The maximum atomic E-state index is 11.6. The number of esters is 1. The topological polar surface area (TPSA) is 55.6 Å². The molecular weight excluding hydrogens is 240 g/mol. The van der Waals surface area contributed by atoms with Crippen molar-refractivity contribution >= 4 is 11.7 Å². The van der Waals surface area contributed by atoms with Gasteiger partial charge in [-0.05, 0) is 37.4 Å². The summed E-state index contributed by atoms with van der Waals surface area (Å²) < 4.78 is 5.18. The van der Waals surface area contributed by atoms with Crippen LogP contribution in [-0.4, -0.2) is 37.1 Å². The van der Waals surface area contributed by atoms with Crippen LogP contribution in [-0.2, 0) is 4.74 Å². The molecular formula is C15H26N2O2. The molecule has 0 bridgehead atoms. The van der Waals surface area contributed by atoms with Crippen LogP contribution in [0.4, 0.5) is 5.69 Å². The van der Waals surface area contributed by atoms with Crippen molar-refractivity contribution in [3.63, 3.8) is 0 Å². The Morgan fingerprint density at radius 3 is 2.16 bits per heavy atom. The van der Waals surface area contributed by atoms with Gasteiger partial charge in [0, 0.05) is 12.2 Å². The number of likely N-dealkylation sites (N-methyl/N-ethyl adjacent to an activating group) is 1. The van der Waals surface area contributed by atoms with Crippen molar-refractivity contribution < 1.29 is 9.53 Å². The second kappa shape index (κ2) is 10.4. The molecule has 4 heteroatoms. The molecule has 2 N–H and O–H groups in total. The number of nitrogens with two attached hydrogens (primary N) is 1. The fourth-order valence-corrected chi connectivity index (χ4v) is 1.51. The van der Waals surface area contributed by atoms with Gasteiger partial charge in [0.1, 0.15) is 6.61 Å². The second-order valence-electron chi connectivity index (χ2n) is 3.78. The predicted molar refractivity (Wildman–Crippen MR) is 80.3 cm³/mol. The van der Waals surface area contributed by atoms with Crippen LogP contribution < -0.4 is 5.73 Å². The number of anilines is 1. The van der Waals surface area contributed by atoms with Gasteiger partial charge in [-0.1, -0.05) is 27.7 Å². The van der Waals surface area contributed by atoms with Crippen molar-refractivity contribution in [2.24, 2.45) is 0 Å². The van der Waals surface area contributed by atoms with E-state index in [-0.39, 0.29) is 5.97 Å². The molecule has 4 nitrogen and oxygen atoms in total. The third-order valence-corrected chi connectivity index (χ3v) is 2.68. The Morgan fingerprint density at radius 2 is 1.68 bits per heavy atom. The number of hydrogen-bond acceptors (Lipinski definition) is 4. The van der Waals surface area contributed by atoms with Crippen LogP contribution in [0.15, 0.2) is 24.3 Å². The lowest BCUT2D eigenvalue weighted by Gasteiger charge is -2.17. The molecule has 0 amide bonds. The third kappa shape index (κ3) is 6.82. The molecule has 0 atom stereocenters. The summed E-state index contributed by atoms with van der Waals surface area (Å²) in [6, 6.07) is 6.74. The van der Waals surface area contributed by atoms with Gasteiger partial charge in [-0.25, -0.2) is 4.79 Å². The molecule has 0 fully saturated rings. The summed E-state index contributed by atoms with van der Waals surface area (Å²) in [5, 5.41) is 0. The summed E-state index contributed by atoms with van der Waals surface area (Å²) in [5.74, 6) is -0.294. The first kappa shape index (κ1) is 17.4. The van der Waals surface area contributed by atoms with Crippen molar-refractivity contribution in [1.29, 1.82) is 0 Å². The van der Waals surface area contributed by atoms with E-state index in [1.165, 1.54) is 0 Å². The highest BCUT2D eigenvalue weighted by Crippen LogP contribution is 2.06. The number of carbonyl (C=O) groups is 1. The number of carbonyl (C=O) groups excluding carboxylic acids is 1. The van der Waals surface area contributed by atoms with Crippen LogP contribution >= 0.6 is 0 Å². The molecule has 1 aromatic carbocycles. The van der Waals surface area contributed by atoms with E-state index in [9.17, 15) is 4.79 Å². The average molecular weight is 266 g/mol. The van der Waals surface area contributed by atoms with E-state index in [1.807, 2.05) is 13.8 Å². The van der Waals surface area contributed by atoms with E-state index in [4.69, 9.17) is 10.5 Å². The van der Waals surface area contributed by atoms with Gasteiger partial charge in [0.05, 0.1) is 5.56 Å². The van der Waals surface area contributed by atoms with Crippen LogP contribution in [0.5, 0.6) is 0 Å². The SMILES string of the molecule is CC.CCN(CC)CCOC(=O)c1ccc(N)cc1. The highest BCUT2D eigenvalue weighted by Gasteiger charge is 2.07. The summed E-state index contributed by atoms with van der Waals surface area (Å²) in [4.78, 5) is 13.8. The van der Waals surface area contributed by atoms with E-state index < -0.39 is 0 Å². The molecule has 19 heavy (non-hydrogen) atoms. The zero-order chi connectivity index (χ0) is 14.7. The fourth-order valence-electron chi connectivity index (χ4n) is 1.51. The Morgan fingerprint density at radius 1 is 1.16 bits per heavy atom. The normalized spacial score (nSPS) is 9.74. The van der Waals surface area contributed by atoms with Gasteiger partial charge >= 0.3 is 5.97 Å². The van der Waals surface area contributed by atoms with Crippen LogP contribution in [0.2, 0.25) is 0 Å². The number of ether oxygens (including phenoxy) is 1. The number of benzene rings is 1. The van der Waals surface area contributed by atoms with Gasteiger partial charge in [-0.3, -0.25) is 0 Å². The quantitative estimate of drug-likeness (QED) is 0.635. The Bertz CT molecular complexity index is 346. The smallest absolute Gasteiger partial charge is 0.338 e. The van der Waals surface area contributed by atoms with E-state index >= 15 is 0 Å². The van der Waals surface area contributed by atoms with Crippen molar-refractivity contribution in [2.45, 2.75) is 27.7 Å². The van der Waals surface area contributed by atoms with Crippen molar-refractivity contribution in [3.05, 3.63) is 29.8 Å². The summed E-state index contributed by atoms with van der Waals surface area (Å²) >= 11 is 0. The Hall–Kier alpha value is -1.55. The van der Waals surface area contributed by atoms with E-state index in [0.29, 0.717) is 17.9 Å². The van der Waals surface area contributed by atoms with Crippen LogP contribution in [0, 0.1) is 0 Å². The van der Waals surface area contributed by atoms with Crippen molar-refractivity contribution in [1.82, 2.24) is 4.90 Å². The number of hydrogen-bond donors (Lipinski definition) is 1. The number of rotatable bonds is 6. The zero-order valence-corrected chi connectivity index (χ0v) is 12.5. The summed E-state index contributed by atoms with van der Waals surface area (Å²) in [7, 11) is 0. The first-order valence-electron chi connectivity index (χ1n) is 6.92. The Kier molecular flexibility index (Phi) is 9.53. The molecule has 0 unspecified atom stereocenters. The van der Waals surface area contributed by atoms with E-state index in [2.05, 4.69) is 18.7 Å². The molecule has 1 rings (SSSR count). The highest BCUT2D eigenvalue weighted by atomic mass is 16.5. The lowest BCUT2D eigenvalue weighted by molar-refractivity contribution is 0.0466. The van der Waals surface area contributed by atoms with Gasteiger partial charge in [-0.15, -0.1) is 0 Å². The zero-order valence-electron chi connectivity index (χ0n) is 12.5. The van der Waals surface area contributed by atoms with Gasteiger partial charge in [0.25, 0.3) is 0 Å². The van der Waals surface area contributed by atoms with Crippen LogP contribution in [0.3, 0.4) is 0 Å². The van der Waals surface area contributed by atoms with Crippen LogP contribution in [0.25, 0.3) is 0 Å². The first-order chi connectivity index (χ1) is 9.17. The number of nitrogens with zero attached hydrogens (tertiary/aromatic N) is 1. The average Bonchev–Trinajstić information content (AvgIpc) is 2.46. The highest BCUT2D eigenvalue weighted by molar-refractivity contribution is 5.89. The van der Waals surface area contributed by atoms with Crippen molar-refractivity contribution in [2.75, 3.05) is 32.0 Å². The Labute approximate surface area is 116 Å². The molecule has 0 saturated carbocycles. The molecule has 0 aliphatic heterocycles. The van der Waals surface area contributed by atoms with Crippen molar-refractivity contribution in [3.8, 4) is 0 Å². The summed E-state index contributed by atoms with van der Waals surface area (Å²) in [6.45, 7) is 11.3. The summed E-state index contributed by atoms with van der Waals surface area (Å²) in [6.07, 6.45) is 0. The molecule has 0 saturated heterocycles. The van der Waals surface area contributed by atoms with Gasteiger partial charge < -0.3 is 15.4 Å². The molecule has 0 spiro atoms. The minimum atomic E-state index is -0.294. The molecule has 108 valence electrons. The van der Waals surface area contributed by atoms with Gasteiger partial charge in [-0.2, -0.15) is 0 Å². The second-order valence-corrected chi connectivity index (χ2v) is 3.78. The fraction of sp³-hybridized carbons (Fsp3) is 0.533. The monoisotopic (exact) mass is 266 g/mol. The maximum absolute atomic E-state index is 11.6. The lowest BCUT2D eigenvalue weighted by Crippen LogP contribution is -2.27. The molecule has 0 radical (unpaired) electrons. The number of nitrogen functional groups attached to an aromatic ring is 1. The predicted octanol–water partition coefficient (Wildman–Crippen LogP) is 2.79. The van der Waals surface area contributed by atoms with E-state index in [1.54, 1.807) is 24.3 Å². The standard InChI is InChI=1S/C13H20N2O2.C2H6/c1-3-15(4-2)9-10-17-13(16)11-5-7-12(14)8-6-11;1-2/h5-8H,3-4,9-10,14H2,1-2H3;1-2H3. The van der Waals surface area contributed by atoms with Crippen LogP contribution in [0.1, 0.15) is 38.1 Å². The molecule has 0 heterocycles. The lowest BCUT2D eigenvalue weighted by atomic mass is 10.2. The maximum Gasteiger partial charge on any atom is 0.338 e. The Balaban J connectivity index is 0.00000154. The van der Waals surface area contributed by atoms with E-state index in [0.717, 1.165) is 19.6 Å². The molecule has 0 aliphatic rings.